The van der Waals surface area contributed by atoms with Gasteiger partial charge in [0.05, 0.1) is 18.9 Å². The highest BCUT2D eigenvalue weighted by atomic mass is 32.1. The third kappa shape index (κ3) is 5.50. The first kappa shape index (κ1) is 23.6. The Morgan fingerprint density at radius 2 is 1.82 bits per heavy atom. The average molecular weight is 469 g/mol. The molecule has 4 rings (SSSR count). The average Bonchev–Trinajstić information content (AvgIpc) is 3.26. The van der Waals surface area contributed by atoms with Gasteiger partial charge in [0.15, 0.2) is 0 Å². The summed E-state index contributed by atoms with van der Waals surface area (Å²) in [5, 5.41) is 3.50. The molecule has 0 aliphatic rings. The van der Waals surface area contributed by atoms with Crippen molar-refractivity contribution in [1.82, 2.24) is 0 Å². The number of fused-ring (bicyclic) bond motifs is 1. The van der Waals surface area contributed by atoms with Crippen molar-refractivity contribution in [3.63, 3.8) is 0 Å². The zero-order chi connectivity index (χ0) is 23.9. The Balaban J connectivity index is 1.47. The Hall–Kier alpha value is -3.55. The molecule has 3 nitrogen and oxygen atoms in total. The van der Waals surface area contributed by atoms with Gasteiger partial charge in [-0.25, -0.2) is 0 Å². The van der Waals surface area contributed by atoms with E-state index in [9.17, 15) is 4.79 Å². The molecule has 0 aliphatic carbocycles. The van der Waals surface area contributed by atoms with E-state index in [4.69, 9.17) is 9.47 Å². The highest BCUT2D eigenvalue weighted by Crippen LogP contribution is 2.36. The van der Waals surface area contributed by atoms with E-state index in [1.807, 2.05) is 31.2 Å². The van der Waals surface area contributed by atoms with Crippen molar-refractivity contribution in [3.8, 4) is 28.7 Å². The molecular formula is C30H28O3S. The number of aryl methyl sites for hydroxylation is 1. The Morgan fingerprint density at radius 3 is 2.56 bits per heavy atom. The van der Waals surface area contributed by atoms with Gasteiger partial charge in [0.25, 0.3) is 0 Å². The molecule has 1 atom stereocenters. The number of carbonyl (C=O) groups is 1. The Bertz CT molecular complexity index is 1340. The molecular weight excluding hydrogens is 440 g/mol. The third-order valence-electron chi connectivity index (χ3n) is 5.76. The molecule has 0 unspecified atom stereocenters. The summed E-state index contributed by atoms with van der Waals surface area (Å²) in [5.41, 5.74) is 5.93. The molecule has 172 valence electrons. The molecule has 0 fully saturated rings. The molecule has 1 heterocycles. The van der Waals surface area contributed by atoms with E-state index >= 15 is 0 Å². The molecule has 0 N–H and O–H groups in total. The van der Waals surface area contributed by atoms with Crippen molar-refractivity contribution in [1.29, 1.82) is 0 Å². The van der Waals surface area contributed by atoms with Crippen LogP contribution in [0.25, 0.3) is 21.2 Å². The van der Waals surface area contributed by atoms with Crippen molar-refractivity contribution in [2.45, 2.75) is 39.7 Å². The lowest BCUT2D eigenvalue weighted by Gasteiger charge is -2.12. The fraction of sp³-hybridized carbons (Fsp3) is 0.233. The first-order valence-corrected chi connectivity index (χ1v) is 12.3. The Labute approximate surface area is 205 Å². The summed E-state index contributed by atoms with van der Waals surface area (Å²) in [6, 6.07) is 22.8. The van der Waals surface area contributed by atoms with E-state index in [-0.39, 0.29) is 18.3 Å². The number of ether oxygens (including phenoxy) is 2. The lowest BCUT2D eigenvalue weighted by molar-refractivity contribution is -0.143. The van der Waals surface area contributed by atoms with Crippen LogP contribution in [0, 0.1) is 18.8 Å². The Kier molecular flexibility index (Phi) is 7.67. The molecule has 0 amide bonds. The summed E-state index contributed by atoms with van der Waals surface area (Å²) in [5.74, 6) is 6.40. The maximum atomic E-state index is 11.9. The second-order valence-electron chi connectivity index (χ2n) is 8.11. The minimum absolute atomic E-state index is 0.182. The van der Waals surface area contributed by atoms with E-state index in [2.05, 4.69) is 66.6 Å². The lowest BCUT2D eigenvalue weighted by atomic mass is 9.96. The van der Waals surface area contributed by atoms with Gasteiger partial charge in [0.2, 0.25) is 0 Å². The summed E-state index contributed by atoms with van der Waals surface area (Å²) in [6.07, 6.45) is 0.249. The van der Waals surface area contributed by atoms with E-state index in [0.717, 1.165) is 16.9 Å². The molecule has 4 heteroatoms. The topological polar surface area (TPSA) is 35.5 Å². The van der Waals surface area contributed by atoms with Crippen LogP contribution in [0.2, 0.25) is 0 Å². The zero-order valence-corrected chi connectivity index (χ0v) is 20.6. The number of rotatable bonds is 8. The van der Waals surface area contributed by atoms with Crippen molar-refractivity contribution in [3.05, 3.63) is 88.8 Å². The lowest BCUT2D eigenvalue weighted by Crippen LogP contribution is -2.09. The van der Waals surface area contributed by atoms with Gasteiger partial charge in [-0.2, -0.15) is 0 Å². The maximum Gasteiger partial charge on any atom is 0.307 e. The normalized spacial score (nSPS) is 11.5. The second kappa shape index (κ2) is 11.0. The van der Waals surface area contributed by atoms with E-state index in [1.165, 1.54) is 26.8 Å². The van der Waals surface area contributed by atoms with E-state index in [1.54, 1.807) is 18.3 Å². The first-order valence-electron chi connectivity index (χ1n) is 11.5. The molecule has 3 aromatic carbocycles. The van der Waals surface area contributed by atoms with Crippen LogP contribution in [0.5, 0.6) is 5.75 Å². The summed E-state index contributed by atoms with van der Waals surface area (Å²) in [4.78, 5) is 11.9. The first-order chi connectivity index (χ1) is 16.6. The van der Waals surface area contributed by atoms with Crippen molar-refractivity contribution < 1.29 is 14.3 Å². The molecule has 0 aliphatic heterocycles. The molecule has 0 saturated heterocycles. The second-order valence-corrected chi connectivity index (χ2v) is 9.02. The van der Waals surface area contributed by atoms with Crippen LogP contribution >= 0.6 is 11.3 Å². The van der Waals surface area contributed by atoms with Gasteiger partial charge in [-0.15, -0.1) is 17.3 Å². The van der Waals surface area contributed by atoms with Gasteiger partial charge in [-0.05, 0) is 72.7 Å². The van der Waals surface area contributed by atoms with Gasteiger partial charge in [-0.1, -0.05) is 48.4 Å². The third-order valence-corrected chi connectivity index (χ3v) is 6.72. The van der Waals surface area contributed by atoms with Crippen LogP contribution in [0.4, 0.5) is 0 Å². The fourth-order valence-corrected chi connectivity index (χ4v) is 4.97. The van der Waals surface area contributed by atoms with Gasteiger partial charge in [0, 0.05) is 15.6 Å². The van der Waals surface area contributed by atoms with Crippen LogP contribution in [0.1, 0.15) is 42.9 Å². The predicted molar refractivity (Wildman–Crippen MR) is 140 cm³/mol. The van der Waals surface area contributed by atoms with Gasteiger partial charge in [0.1, 0.15) is 12.4 Å². The quantitative estimate of drug-likeness (QED) is 0.198. The van der Waals surface area contributed by atoms with Gasteiger partial charge >= 0.3 is 5.97 Å². The Morgan fingerprint density at radius 1 is 1.03 bits per heavy atom. The molecule has 0 spiro atoms. The van der Waals surface area contributed by atoms with Crippen molar-refractivity contribution >= 4 is 27.4 Å². The number of hydrogen-bond acceptors (Lipinski definition) is 4. The predicted octanol–water partition coefficient (Wildman–Crippen LogP) is 7.52. The molecule has 0 radical (unpaired) electrons. The van der Waals surface area contributed by atoms with Crippen LogP contribution in [0.15, 0.2) is 72.1 Å². The largest absolute Gasteiger partial charge is 0.489 e. The van der Waals surface area contributed by atoms with Gasteiger partial charge in [-0.3, -0.25) is 4.79 Å². The van der Waals surface area contributed by atoms with Crippen LogP contribution < -0.4 is 4.74 Å². The van der Waals surface area contributed by atoms with Crippen LogP contribution in [0.3, 0.4) is 0 Å². The van der Waals surface area contributed by atoms with Crippen LogP contribution in [-0.2, 0) is 16.1 Å². The number of carbonyl (C=O) groups excluding carboxylic acids is 1. The summed E-state index contributed by atoms with van der Waals surface area (Å²) >= 11 is 1.77. The zero-order valence-electron chi connectivity index (χ0n) is 19.8. The summed E-state index contributed by atoms with van der Waals surface area (Å²) in [6.45, 7) is 6.61. The summed E-state index contributed by atoms with van der Waals surface area (Å²) in [7, 11) is 0. The molecule has 34 heavy (non-hydrogen) atoms. The number of esters is 1. The fourth-order valence-electron chi connectivity index (χ4n) is 4.03. The van der Waals surface area contributed by atoms with E-state index in [0.29, 0.717) is 13.2 Å². The van der Waals surface area contributed by atoms with E-state index < -0.39 is 0 Å². The minimum Gasteiger partial charge on any atom is -0.489 e. The monoisotopic (exact) mass is 468 g/mol. The van der Waals surface area contributed by atoms with Crippen LogP contribution in [-0.4, -0.2) is 12.6 Å². The smallest absolute Gasteiger partial charge is 0.307 e. The number of hydrogen-bond donors (Lipinski definition) is 0. The summed E-state index contributed by atoms with van der Waals surface area (Å²) < 4.78 is 12.4. The molecule has 0 bridgehead atoms. The van der Waals surface area contributed by atoms with Crippen molar-refractivity contribution in [2.75, 3.05) is 6.61 Å². The number of benzene rings is 3. The molecule has 4 aromatic rings. The molecule has 0 saturated carbocycles. The maximum absolute atomic E-state index is 11.9. The van der Waals surface area contributed by atoms with Gasteiger partial charge < -0.3 is 9.47 Å². The highest BCUT2D eigenvalue weighted by Gasteiger charge is 2.15. The SMILES string of the molecule is CC#C[C@@H](CC(=O)OCC)c1ccc(OCc2ccc3scc(-c4ccccc4C)c3c2)cc1. The standard InChI is InChI=1S/C30H28O3S/c1-4-8-24(18-30(31)32-5-2)23-12-14-25(15-13-23)33-19-22-11-16-29-27(17-22)28(20-34-29)26-10-7-6-9-21(26)3/h6-7,9-17,20,24H,5,18-19H2,1-3H3/t24-/m0/s1. The number of thiophene rings is 1. The highest BCUT2D eigenvalue weighted by molar-refractivity contribution is 7.17. The van der Waals surface area contributed by atoms with Crippen molar-refractivity contribution in [2.24, 2.45) is 0 Å². The minimum atomic E-state index is -0.232. The molecule has 1 aromatic heterocycles.